The number of hydrogen-bond donors (Lipinski definition) is 2. The lowest BCUT2D eigenvalue weighted by molar-refractivity contribution is 0.166. The third-order valence-electron chi connectivity index (χ3n) is 6.28. The second kappa shape index (κ2) is 7.47. The number of anilines is 2. The Morgan fingerprint density at radius 2 is 1.94 bits per heavy atom. The van der Waals surface area contributed by atoms with Gasteiger partial charge in [-0.3, -0.25) is 0 Å². The van der Waals surface area contributed by atoms with Gasteiger partial charge in [0, 0.05) is 31.1 Å². The smallest absolute Gasteiger partial charge is 0.180 e. The Balaban J connectivity index is 1.63. The maximum atomic E-state index is 12.8. The average Bonchev–Trinajstić information content (AvgIpc) is 3.01. The van der Waals surface area contributed by atoms with Crippen molar-refractivity contribution in [2.45, 2.75) is 37.1 Å². The quantitative estimate of drug-likeness (QED) is 0.633. The lowest BCUT2D eigenvalue weighted by atomic mass is 10.1. The van der Waals surface area contributed by atoms with Crippen LogP contribution in [0.1, 0.15) is 17.5 Å². The first-order chi connectivity index (χ1) is 14.8. The van der Waals surface area contributed by atoms with Crippen LogP contribution in [0, 0.1) is 6.92 Å². The summed E-state index contributed by atoms with van der Waals surface area (Å²) in [5.41, 5.74) is 9.94. The monoisotopic (exact) mass is 438 g/mol. The summed E-state index contributed by atoms with van der Waals surface area (Å²) in [6, 6.07) is 15.2. The van der Waals surface area contributed by atoms with E-state index in [-0.39, 0.29) is 5.75 Å². The fourth-order valence-electron chi connectivity index (χ4n) is 4.55. The topological polar surface area (TPSA) is 99.8 Å². The molecule has 0 spiro atoms. The molecule has 2 atom stereocenters. The van der Waals surface area contributed by atoms with E-state index in [0.717, 1.165) is 27.7 Å². The Labute approximate surface area is 182 Å². The molecule has 3 N–H and O–H groups in total. The van der Waals surface area contributed by atoms with Crippen LogP contribution in [0.25, 0.3) is 10.9 Å². The molecule has 2 aliphatic heterocycles. The normalized spacial score (nSPS) is 23.1. The highest BCUT2D eigenvalue weighted by atomic mass is 32.2. The van der Waals surface area contributed by atoms with E-state index in [2.05, 4.69) is 6.07 Å². The highest BCUT2D eigenvalue weighted by Gasteiger charge is 2.32. The lowest BCUT2D eigenvalue weighted by Gasteiger charge is -2.29. The van der Waals surface area contributed by atoms with Crippen LogP contribution in [0.4, 0.5) is 11.5 Å². The minimum atomic E-state index is -3.34. The summed E-state index contributed by atoms with van der Waals surface area (Å²) in [6.07, 6.45) is -0.447. The van der Waals surface area contributed by atoms with Crippen LogP contribution >= 0.6 is 0 Å². The van der Waals surface area contributed by atoms with Gasteiger partial charge >= 0.3 is 0 Å². The molecular weight excluding hydrogens is 412 g/mol. The van der Waals surface area contributed by atoms with Crippen molar-refractivity contribution in [2.75, 3.05) is 28.6 Å². The van der Waals surface area contributed by atoms with Crippen LogP contribution in [0.5, 0.6) is 0 Å². The van der Waals surface area contributed by atoms with Gasteiger partial charge in [-0.1, -0.05) is 29.8 Å². The summed E-state index contributed by atoms with van der Waals surface area (Å²) in [5.74, 6) is 0.751. The van der Waals surface area contributed by atoms with Crippen LogP contribution < -0.4 is 15.5 Å². The van der Waals surface area contributed by atoms with E-state index in [1.54, 1.807) is 12.1 Å². The second-order valence-corrected chi connectivity index (χ2v) is 10.5. The summed E-state index contributed by atoms with van der Waals surface area (Å²) in [6.45, 7) is 3.52. The predicted octanol–water partition coefficient (Wildman–Crippen LogP) is 2.19. The molecule has 1 saturated heterocycles. The first-order valence-corrected chi connectivity index (χ1v) is 12.2. The molecule has 1 aromatic heterocycles. The number of sulfone groups is 1. The van der Waals surface area contributed by atoms with Gasteiger partial charge in [0.2, 0.25) is 0 Å². The van der Waals surface area contributed by atoms with Crippen molar-refractivity contribution in [3.63, 3.8) is 0 Å². The first kappa shape index (κ1) is 20.2. The largest absolute Gasteiger partial charge is 0.389 e. The van der Waals surface area contributed by atoms with E-state index in [4.69, 9.17) is 10.7 Å². The number of benzene rings is 2. The molecule has 0 radical (unpaired) electrons. The predicted molar refractivity (Wildman–Crippen MR) is 122 cm³/mol. The Hall–Kier alpha value is -2.68. The number of pyridine rings is 1. The second-order valence-electron chi connectivity index (χ2n) is 8.41. The fraction of sp³-hybridized carbons (Fsp3) is 0.348. The Bertz CT molecular complexity index is 1260. The zero-order valence-corrected chi connectivity index (χ0v) is 18.2. The number of aromatic nitrogens is 1. The molecule has 2 unspecified atom stereocenters. The molecule has 0 saturated carbocycles. The van der Waals surface area contributed by atoms with Crippen molar-refractivity contribution in [3.8, 4) is 0 Å². The summed E-state index contributed by atoms with van der Waals surface area (Å²) in [5, 5.41) is 11.2. The highest BCUT2D eigenvalue weighted by molar-refractivity contribution is 7.91. The van der Waals surface area contributed by atoms with E-state index < -0.39 is 22.1 Å². The van der Waals surface area contributed by atoms with Gasteiger partial charge in [0.15, 0.2) is 9.84 Å². The summed E-state index contributed by atoms with van der Waals surface area (Å²) in [7, 11) is -3.34. The molecule has 2 aromatic carbocycles. The van der Waals surface area contributed by atoms with E-state index in [1.807, 2.05) is 47.1 Å². The zero-order chi connectivity index (χ0) is 21.8. The molecule has 162 valence electrons. The van der Waals surface area contributed by atoms with Crippen LogP contribution in [0.15, 0.2) is 53.4 Å². The summed E-state index contributed by atoms with van der Waals surface area (Å²) < 4.78 is 25.6. The summed E-state index contributed by atoms with van der Waals surface area (Å²) >= 11 is 0. The van der Waals surface area contributed by atoms with Gasteiger partial charge in [0.05, 0.1) is 28.0 Å². The molecule has 7 nitrogen and oxygen atoms in total. The number of nitrogens with two attached hydrogens (primary N) is 1. The van der Waals surface area contributed by atoms with Gasteiger partial charge in [0.25, 0.3) is 0 Å². The van der Waals surface area contributed by atoms with Gasteiger partial charge in [-0.05, 0) is 37.1 Å². The summed E-state index contributed by atoms with van der Waals surface area (Å²) in [4.78, 5) is 9.33. The van der Waals surface area contributed by atoms with Gasteiger partial charge in [-0.15, -0.1) is 0 Å². The first-order valence-electron chi connectivity index (χ1n) is 10.5. The molecule has 31 heavy (non-hydrogen) atoms. The molecule has 2 aliphatic rings. The number of aliphatic hydroxyl groups is 1. The van der Waals surface area contributed by atoms with E-state index in [1.165, 1.54) is 0 Å². The molecule has 0 amide bonds. The van der Waals surface area contributed by atoms with Crippen molar-refractivity contribution in [1.82, 2.24) is 4.98 Å². The van der Waals surface area contributed by atoms with Crippen molar-refractivity contribution >= 4 is 32.2 Å². The van der Waals surface area contributed by atoms with Crippen LogP contribution in [-0.2, 0) is 16.4 Å². The zero-order valence-electron chi connectivity index (χ0n) is 17.4. The average molecular weight is 439 g/mol. The molecule has 3 aromatic rings. The minimum absolute atomic E-state index is 0.0366. The number of aliphatic hydroxyl groups excluding tert-OH is 1. The maximum absolute atomic E-state index is 12.8. The highest BCUT2D eigenvalue weighted by Crippen LogP contribution is 2.35. The van der Waals surface area contributed by atoms with E-state index in [9.17, 15) is 13.5 Å². The van der Waals surface area contributed by atoms with Gasteiger partial charge in [0.1, 0.15) is 12.0 Å². The number of nitrogens with zero attached hydrogens (tertiary/aromatic N) is 3. The van der Waals surface area contributed by atoms with Crippen molar-refractivity contribution in [1.29, 1.82) is 0 Å². The number of rotatable bonds is 2. The van der Waals surface area contributed by atoms with E-state index >= 15 is 0 Å². The Kier molecular flexibility index (Phi) is 4.88. The fourth-order valence-corrected chi connectivity index (χ4v) is 6.04. The number of aryl methyl sites for hydroxylation is 1. The lowest BCUT2D eigenvalue weighted by Crippen LogP contribution is -2.43. The van der Waals surface area contributed by atoms with Crippen LogP contribution in [0.3, 0.4) is 0 Å². The molecule has 0 aliphatic carbocycles. The van der Waals surface area contributed by atoms with Gasteiger partial charge < -0.3 is 20.6 Å². The Morgan fingerprint density at radius 1 is 1.13 bits per heavy atom. The SMILES string of the molecule is Cc1ccc2nc(N3CCS(=O)(=O)c4ccccc4C3)cc(N3CCC(O)C3N)c2c1. The minimum Gasteiger partial charge on any atom is -0.389 e. The molecular formula is C23H26N4O3S. The number of fused-ring (bicyclic) bond motifs is 2. The molecule has 5 rings (SSSR count). The van der Waals surface area contributed by atoms with Crippen LogP contribution in [0.2, 0.25) is 0 Å². The maximum Gasteiger partial charge on any atom is 0.180 e. The molecule has 1 fully saturated rings. The standard InChI is InChI=1S/C23H26N4O3S/c1-15-6-7-18-17(12-15)19(27-9-8-20(28)23(27)24)13-22(25-18)26-10-11-31(29,30)21-5-3-2-4-16(21)14-26/h2-7,12-13,20,23,28H,8-11,14,24H2,1H3. The molecule has 0 bridgehead atoms. The van der Waals surface area contributed by atoms with Crippen molar-refractivity contribution in [2.24, 2.45) is 5.73 Å². The van der Waals surface area contributed by atoms with Crippen molar-refractivity contribution < 1.29 is 13.5 Å². The van der Waals surface area contributed by atoms with Crippen molar-refractivity contribution in [3.05, 3.63) is 59.7 Å². The van der Waals surface area contributed by atoms with Gasteiger partial charge in [-0.2, -0.15) is 0 Å². The van der Waals surface area contributed by atoms with Crippen LogP contribution in [-0.4, -0.2) is 49.6 Å². The third kappa shape index (κ3) is 3.54. The van der Waals surface area contributed by atoms with Gasteiger partial charge in [-0.25, -0.2) is 13.4 Å². The number of hydrogen-bond acceptors (Lipinski definition) is 7. The molecule has 3 heterocycles. The third-order valence-corrected chi connectivity index (χ3v) is 8.07. The van der Waals surface area contributed by atoms with E-state index in [0.29, 0.717) is 36.8 Å². The Morgan fingerprint density at radius 3 is 2.71 bits per heavy atom. The molecule has 8 heteroatoms.